The quantitative estimate of drug-likeness (QED) is 0.621. The lowest BCUT2D eigenvalue weighted by Gasteiger charge is -2.11. The minimum absolute atomic E-state index is 0.0532. The van der Waals surface area contributed by atoms with Gasteiger partial charge in [0.2, 0.25) is 0 Å². The Balaban J connectivity index is 3.59. The van der Waals surface area contributed by atoms with Crippen molar-refractivity contribution in [3.8, 4) is 0 Å². The summed E-state index contributed by atoms with van der Waals surface area (Å²) in [6.07, 6.45) is -5.02. The largest absolute Gasteiger partial charge is 0.419 e. The number of alkyl halides is 3. The molecule has 0 spiro atoms. The van der Waals surface area contributed by atoms with E-state index in [2.05, 4.69) is 0 Å². The first-order valence-corrected chi connectivity index (χ1v) is 5.32. The Morgan fingerprint density at radius 3 is 2.12 bits per heavy atom. The summed E-state index contributed by atoms with van der Waals surface area (Å²) < 4.78 is 79.8. The van der Waals surface area contributed by atoms with Crippen LogP contribution in [0.2, 0.25) is 0 Å². The van der Waals surface area contributed by atoms with Gasteiger partial charge in [-0.1, -0.05) is 0 Å². The molecule has 0 saturated heterocycles. The number of hydrogen-bond donors (Lipinski definition) is 1. The molecule has 0 atom stereocenters. The maximum Gasteiger partial charge on any atom is 0.419 e. The second-order valence-electron chi connectivity index (χ2n) is 3.07. The SMILES string of the molecule is Cc1cc(S(=O)(=O)O)cc(C(F)(F)F)c1F. The summed E-state index contributed by atoms with van der Waals surface area (Å²) >= 11 is 0. The van der Waals surface area contributed by atoms with Crippen molar-refractivity contribution in [1.82, 2.24) is 0 Å². The molecule has 1 aromatic rings. The van der Waals surface area contributed by atoms with Gasteiger partial charge in [0.25, 0.3) is 10.1 Å². The standard InChI is InChI=1S/C8H6F4O3S/c1-4-2-5(16(13,14)15)3-6(7(4)9)8(10,11)12/h2-3H,1H3,(H,13,14,15). The molecular formula is C8H6F4O3S. The average molecular weight is 258 g/mol. The van der Waals surface area contributed by atoms with Crippen LogP contribution in [0.4, 0.5) is 17.6 Å². The van der Waals surface area contributed by atoms with E-state index in [9.17, 15) is 26.0 Å². The maximum absolute atomic E-state index is 13.1. The van der Waals surface area contributed by atoms with E-state index in [-0.39, 0.29) is 6.07 Å². The Labute approximate surface area is 88.5 Å². The Kier molecular flexibility index (Phi) is 2.99. The number of benzene rings is 1. The van der Waals surface area contributed by atoms with Gasteiger partial charge in [0.15, 0.2) is 0 Å². The van der Waals surface area contributed by atoms with Gasteiger partial charge in [-0.25, -0.2) is 4.39 Å². The van der Waals surface area contributed by atoms with Crippen LogP contribution >= 0.6 is 0 Å². The van der Waals surface area contributed by atoms with Crippen LogP contribution in [0.25, 0.3) is 0 Å². The highest BCUT2D eigenvalue weighted by molar-refractivity contribution is 7.85. The monoisotopic (exact) mass is 258 g/mol. The number of aryl methyl sites for hydroxylation is 1. The van der Waals surface area contributed by atoms with Gasteiger partial charge < -0.3 is 0 Å². The Morgan fingerprint density at radius 1 is 1.25 bits per heavy atom. The third kappa shape index (κ3) is 2.50. The predicted molar refractivity (Wildman–Crippen MR) is 46.0 cm³/mol. The molecule has 0 bridgehead atoms. The number of rotatable bonds is 1. The third-order valence-corrected chi connectivity index (χ3v) is 2.66. The minimum atomic E-state index is -5.02. The predicted octanol–water partition coefficient (Wildman–Crippen LogP) is 2.40. The van der Waals surface area contributed by atoms with E-state index in [1.54, 1.807) is 0 Å². The lowest BCUT2D eigenvalue weighted by atomic mass is 10.1. The van der Waals surface area contributed by atoms with E-state index in [0.717, 1.165) is 6.92 Å². The molecule has 90 valence electrons. The first-order chi connectivity index (χ1) is 7.03. The molecule has 16 heavy (non-hydrogen) atoms. The first kappa shape index (κ1) is 12.9. The van der Waals surface area contributed by atoms with E-state index >= 15 is 0 Å². The molecule has 1 aromatic carbocycles. The van der Waals surface area contributed by atoms with Crippen molar-refractivity contribution >= 4 is 10.1 Å². The molecule has 3 nitrogen and oxygen atoms in total. The van der Waals surface area contributed by atoms with Crippen LogP contribution in [-0.4, -0.2) is 13.0 Å². The second kappa shape index (κ2) is 3.70. The summed E-state index contributed by atoms with van der Waals surface area (Å²) in [5.74, 6) is -1.56. The van der Waals surface area contributed by atoms with Crippen LogP contribution in [0.15, 0.2) is 17.0 Å². The van der Waals surface area contributed by atoms with E-state index < -0.39 is 38.1 Å². The smallest absolute Gasteiger partial charge is 0.282 e. The second-order valence-corrected chi connectivity index (χ2v) is 4.50. The molecule has 8 heteroatoms. The molecule has 1 rings (SSSR count). The van der Waals surface area contributed by atoms with E-state index in [1.807, 2.05) is 0 Å². The fourth-order valence-electron chi connectivity index (χ4n) is 1.09. The van der Waals surface area contributed by atoms with E-state index in [0.29, 0.717) is 6.07 Å². The lowest BCUT2D eigenvalue weighted by molar-refractivity contribution is -0.140. The molecule has 0 aliphatic heterocycles. The number of halogens is 4. The van der Waals surface area contributed by atoms with Gasteiger partial charge in [0.1, 0.15) is 5.82 Å². The minimum Gasteiger partial charge on any atom is -0.282 e. The van der Waals surface area contributed by atoms with E-state index in [4.69, 9.17) is 4.55 Å². The van der Waals surface area contributed by atoms with Gasteiger partial charge in [-0.05, 0) is 24.6 Å². The molecule has 0 aliphatic rings. The fourth-order valence-corrected chi connectivity index (χ4v) is 1.68. The van der Waals surface area contributed by atoms with Crippen molar-refractivity contribution in [3.63, 3.8) is 0 Å². The van der Waals surface area contributed by atoms with Crippen LogP contribution in [-0.2, 0) is 16.3 Å². The third-order valence-electron chi connectivity index (χ3n) is 1.83. The lowest BCUT2D eigenvalue weighted by Crippen LogP contribution is -2.11. The Bertz CT molecular complexity index is 519. The molecule has 0 saturated carbocycles. The normalized spacial score (nSPS) is 12.9. The summed E-state index contributed by atoms with van der Waals surface area (Å²) in [6, 6.07) is 0.678. The molecule has 0 amide bonds. The van der Waals surface area contributed by atoms with Gasteiger partial charge in [-0.15, -0.1) is 0 Å². The summed E-state index contributed by atoms with van der Waals surface area (Å²) in [6.45, 7) is 0.971. The highest BCUT2D eigenvalue weighted by Crippen LogP contribution is 2.34. The Hall–Kier alpha value is -1.15. The summed E-state index contributed by atoms with van der Waals surface area (Å²) in [7, 11) is -4.79. The van der Waals surface area contributed by atoms with E-state index in [1.165, 1.54) is 0 Å². The molecule has 0 fully saturated rings. The zero-order chi connectivity index (χ0) is 12.7. The summed E-state index contributed by atoms with van der Waals surface area (Å²) in [5.41, 5.74) is -2.23. The first-order valence-electron chi connectivity index (χ1n) is 3.88. The molecule has 0 heterocycles. The highest BCUT2D eigenvalue weighted by Gasteiger charge is 2.36. The molecule has 0 aromatic heterocycles. The highest BCUT2D eigenvalue weighted by atomic mass is 32.2. The van der Waals surface area contributed by atoms with Gasteiger partial charge in [0, 0.05) is 0 Å². The molecular weight excluding hydrogens is 252 g/mol. The van der Waals surface area contributed by atoms with Crippen LogP contribution in [0, 0.1) is 12.7 Å². The molecule has 0 radical (unpaired) electrons. The van der Waals surface area contributed by atoms with Crippen molar-refractivity contribution in [1.29, 1.82) is 0 Å². The topological polar surface area (TPSA) is 54.4 Å². The van der Waals surface area contributed by atoms with Crippen molar-refractivity contribution in [2.24, 2.45) is 0 Å². The van der Waals surface area contributed by atoms with Crippen LogP contribution in [0.1, 0.15) is 11.1 Å². The van der Waals surface area contributed by atoms with Crippen LogP contribution < -0.4 is 0 Å². The Morgan fingerprint density at radius 2 is 1.75 bits per heavy atom. The maximum atomic E-state index is 13.1. The molecule has 1 N–H and O–H groups in total. The molecule has 0 unspecified atom stereocenters. The van der Waals surface area contributed by atoms with Gasteiger partial charge in [-0.3, -0.25) is 4.55 Å². The number of hydrogen-bond acceptors (Lipinski definition) is 2. The van der Waals surface area contributed by atoms with Crippen LogP contribution in [0.5, 0.6) is 0 Å². The zero-order valence-corrected chi connectivity index (χ0v) is 8.66. The summed E-state index contributed by atoms with van der Waals surface area (Å²) in [5, 5.41) is 0. The van der Waals surface area contributed by atoms with Gasteiger partial charge in [-0.2, -0.15) is 21.6 Å². The van der Waals surface area contributed by atoms with Crippen molar-refractivity contribution in [3.05, 3.63) is 29.1 Å². The van der Waals surface area contributed by atoms with Crippen molar-refractivity contribution in [2.75, 3.05) is 0 Å². The fraction of sp³-hybridized carbons (Fsp3) is 0.250. The van der Waals surface area contributed by atoms with Crippen LogP contribution in [0.3, 0.4) is 0 Å². The molecule has 0 aliphatic carbocycles. The van der Waals surface area contributed by atoms with Gasteiger partial charge >= 0.3 is 6.18 Å². The van der Waals surface area contributed by atoms with Crippen molar-refractivity contribution in [2.45, 2.75) is 18.0 Å². The summed E-state index contributed by atoms with van der Waals surface area (Å²) in [4.78, 5) is -0.987. The zero-order valence-electron chi connectivity index (χ0n) is 7.84. The van der Waals surface area contributed by atoms with Crippen molar-refractivity contribution < 1.29 is 30.5 Å². The average Bonchev–Trinajstić information content (AvgIpc) is 2.05. The van der Waals surface area contributed by atoms with Gasteiger partial charge in [0.05, 0.1) is 10.5 Å².